The minimum Gasteiger partial charge on any atom is -0.298 e. The van der Waals surface area contributed by atoms with E-state index in [9.17, 15) is 9.59 Å². The topological polar surface area (TPSA) is 34.1 Å². The molecule has 0 aromatic carbocycles. The highest BCUT2D eigenvalue weighted by Crippen LogP contribution is 2.13. The summed E-state index contributed by atoms with van der Waals surface area (Å²) in [5.41, 5.74) is 0. The molecule has 0 N–H and O–H groups in total. The van der Waals surface area contributed by atoms with Crippen molar-refractivity contribution in [3.63, 3.8) is 0 Å². The Bertz CT molecular complexity index is 289. The van der Waals surface area contributed by atoms with E-state index in [1.165, 1.54) is 77.6 Å². The Morgan fingerprint density at radius 3 is 1.45 bits per heavy atom. The van der Waals surface area contributed by atoms with Crippen LogP contribution < -0.4 is 0 Å². The van der Waals surface area contributed by atoms with E-state index in [-0.39, 0.29) is 11.6 Å². The van der Waals surface area contributed by atoms with Crippen molar-refractivity contribution in [1.29, 1.82) is 0 Å². The van der Waals surface area contributed by atoms with Gasteiger partial charge in [0.15, 0.2) is 11.6 Å². The van der Waals surface area contributed by atoms with Crippen molar-refractivity contribution in [2.75, 3.05) is 0 Å². The first-order valence-corrected chi connectivity index (χ1v) is 9.70. The van der Waals surface area contributed by atoms with Gasteiger partial charge in [0.1, 0.15) is 5.38 Å². The molecular weight excluding hydrogens is 296 g/mol. The molecule has 22 heavy (non-hydrogen) atoms. The lowest BCUT2D eigenvalue weighted by Crippen LogP contribution is -2.21. The van der Waals surface area contributed by atoms with Crippen LogP contribution in [0.3, 0.4) is 0 Å². The summed E-state index contributed by atoms with van der Waals surface area (Å²) in [6.45, 7) is 3.63. The van der Waals surface area contributed by atoms with Crippen molar-refractivity contribution >= 4 is 23.2 Å². The van der Waals surface area contributed by atoms with Gasteiger partial charge in [0.25, 0.3) is 0 Å². The van der Waals surface area contributed by atoms with Gasteiger partial charge in [-0.1, -0.05) is 84.0 Å². The standard InChI is InChI=1S/C19H35ClO2/c1-3-4-5-6-7-8-9-10-11-12-13-14-15-16-18(22)19(20)17(2)21/h19H,3-16H2,1-2H3. The molecule has 0 aromatic heterocycles. The van der Waals surface area contributed by atoms with E-state index >= 15 is 0 Å². The van der Waals surface area contributed by atoms with E-state index in [0.717, 1.165) is 12.8 Å². The van der Waals surface area contributed by atoms with Gasteiger partial charge in [0.05, 0.1) is 0 Å². The number of ketones is 2. The van der Waals surface area contributed by atoms with Crippen LogP contribution in [0.1, 0.15) is 104 Å². The van der Waals surface area contributed by atoms with Crippen LogP contribution in [0.4, 0.5) is 0 Å². The molecule has 0 aliphatic rings. The van der Waals surface area contributed by atoms with Crippen LogP contribution in [-0.4, -0.2) is 16.9 Å². The van der Waals surface area contributed by atoms with Crippen LogP contribution in [0, 0.1) is 0 Å². The molecule has 3 heteroatoms. The molecule has 0 aliphatic heterocycles. The third-order valence-corrected chi connectivity index (χ3v) is 4.72. The number of carbonyl (C=O) groups is 2. The maximum absolute atomic E-state index is 11.5. The highest BCUT2D eigenvalue weighted by molar-refractivity contribution is 6.41. The average Bonchev–Trinajstić information content (AvgIpc) is 2.50. The maximum Gasteiger partial charge on any atom is 0.158 e. The van der Waals surface area contributed by atoms with Gasteiger partial charge >= 0.3 is 0 Å². The molecule has 0 saturated heterocycles. The smallest absolute Gasteiger partial charge is 0.158 e. The Labute approximate surface area is 142 Å². The second kappa shape index (κ2) is 15.5. The minimum atomic E-state index is -0.919. The molecule has 130 valence electrons. The highest BCUT2D eigenvalue weighted by Gasteiger charge is 2.18. The van der Waals surface area contributed by atoms with E-state index in [0.29, 0.717) is 6.42 Å². The summed E-state index contributed by atoms with van der Waals surface area (Å²) in [7, 11) is 0. The van der Waals surface area contributed by atoms with Crippen molar-refractivity contribution in [2.24, 2.45) is 0 Å². The largest absolute Gasteiger partial charge is 0.298 e. The van der Waals surface area contributed by atoms with Gasteiger partial charge in [0, 0.05) is 6.42 Å². The normalized spacial score (nSPS) is 12.3. The predicted octanol–water partition coefficient (Wildman–Crippen LogP) is 6.23. The first-order valence-electron chi connectivity index (χ1n) is 9.26. The fourth-order valence-electron chi connectivity index (χ4n) is 2.67. The maximum atomic E-state index is 11.5. The lowest BCUT2D eigenvalue weighted by molar-refractivity contribution is -0.125. The number of alkyl halides is 1. The second-order valence-corrected chi connectivity index (χ2v) is 6.87. The number of halogens is 1. The van der Waals surface area contributed by atoms with Crippen LogP contribution in [0.15, 0.2) is 0 Å². The quantitative estimate of drug-likeness (QED) is 0.191. The monoisotopic (exact) mass is 330 g/mol. The molecular formula is C19H35ClO2. The number of carbonyl (C=O) groups excluding carboxylic acids is 2. The zero-order chi connectivity index (χ0) is 16.6. The van der Waals surface area contributed by atoms with Gasteiger partial charge in [-0.25, -0.2) is 0 Å². The summed E-state index contributed by atoms with van der Waals surface area (Å²) in [6.07, 6.45) is 17.2. The summed E-state index contributed by atoms with van der Waals surface area (Å²) in [5.74, 6) is -0.349. The molecule has 0 aliphatic carbocycles. The zero-order valence-corrected chi connectivity index (χ0v) is 15.4. The number of hydrogen-bond acceptors (Lipinski definition) is 2. The summed E-state index contributed by atoms with van der Waals surface area (Å²) in [5, 5.41) is -0.919. The van der Waals surface area contributed by atoms with Crippen LogP contribution in [0.5, 0.6) is 0 Å². The van der Waals surface area contributed by atoms with Crippen molar-refractivity contribution < 1.29 is 9.59 Å². The van der Waals surface area contributed by atoms with Crippen LogP contribution in [0.2, 0.25) is 0 Å². The lowest BCUT2D eigenvalue weighted by Gasteiger charge is -2.05. The van der Waals surface area contributed by atoms with Crippen LogP contribution >= 0.6 is 11.6 Å². The first kappa shape index (κ1) is 21.6. The van der Waals surface area contributed by atoms with E-state index in [4.69, 9.17) is 11.6 Å². The molecule has 0 radical (unpaired) electrons. The highest BCUT2D eigenvalue weighted by atomic mass is 35.5. The predicted molar refractivity (Wildman–Crippen MR) is 95.6 cm³/mol. The average molecular weight is 331 g/mol. The van der Waals surface area contributed by atoms with Crippen LogP contribution in [0.25, 0.3) is 0 Å². The van der Waals surface area contributed by atoms with Gasteiger partial charge in [-0.2, -0.15) is 0 Å². The molecule has 0 amide bonds. The summed E-state index contributed by atoms with van der Waals surface area (Å²) in [6, 6.07) is 0. The van der Waals surface area contributed by atoms with Crippen molar-refractivity contribution in [3.8, 4) is 0 Å². The van der Waals surface area contributed by atoms with Crippen molar-refractivity contribution in [3.05, 3.63) is 0 Å². The molecule has 0 heterocycles. The molecule has 0 fully saturated rings. The molecule has 0 aromatic rings. The molecule has 2 nitrogen and oxygen atoms in total. The van der Waals surface area contributed by atoms with E-state index in [1.54, 1.807) is 0 Å². The minimum absolute atomic E-state index is 0.114. The Morgan fingerprint density at radius 1 is 0.727 bits per heavy atom. The fourth-order valence-corrected chi connectivity index (χ4v) is 2.78. The number of unbranched alkanes of at least 4 members (excludes halogenated alkanes) is 12. The second-order valence-electron chi connectivity index (χ2n) is 6.43. The Hall–Kier alpha value is -0.370. The summed E-state index contributed by atoms with van der Waals surface area (Å²) < 4.78 is 0. The van der Waals surface area contributed by atoms with Gasteiger partial charge in [-0.15, -0.1) is 11.6 Å². The van der Waals surface area contributed by atoms with Gasteiger partial charge in [-0.05, 0) is 13.3 Å². The van der Waals surface area contributed by atoms with E-state index in [2.05, 4.69) is 6.92 Å². The van der Waals surface area contributed by atoms with Crippen LogP contribution in [-0.2, 0) is 9.59 Å². The van der Waals surface area contributed by atoms with Crippen molar-refractivity contribution in [2.45, 2.75) is 109 Å². The molecule has 0 rings (SSSR count). The summed E-state index contributed by atoms with van der Waals surface area (Å²) in [4.78, 5) is 22.5. The first-order chi connectivity index (χ1) is 10.6. The Morgan fingerprint density at radius 2 is 1.09 bits per heavy atom. The number of hydrogen-bond donors (Lipinski definition) is 0. The molecule has 1 unspecified atom stereocenters. The Kier molecular flexibility index (Phi) is 15.3. The lowest BCUT2D eigenvalue weighted by atomic mass is 10.0. The molecule has 0 bridgehead atoms. The molecule has 0 saturated carbocycles. The SMILES string of the molecule is CCCCCCCCCCCCCCCC(=O)C(Cl)C(C)=O. The Balaban J connectivity index is 3.21. The van der Waals surface area contributed by atoms with E-state index in [1.807, 2.05) is 0 Å². The van der Waals surface area contributed by atoms with Gasteiger partial charge in [0.2, 0.25) is 0 Å². The third kappa shape index (κ3) is 13.3. The third-order valence-electron chi connectivity index (χ3n) is 4.17. The zero-order valence-electron chi connectivity index (χ0n) is 14.7. The number of Topliss-reactive ketones (excluding diaryl/α,β-unsaturated/α-hetero) is 2. The summed E-state index contributed by atoms with van der Waals surface area (Å²) >= 11 is 5.72. The number of rotatable bonds is 16. The molecule has 0 spiro atoms. The van der Waals surface area contributed by atoms with Gasteiger partial charge < -0.3 is 0 Å². The molecule has 1 atom stereocenters. The fraction of sp³-hybridized carbons (Fsp3) is 0.895. The van der Waals surface area contributed by atoms with Gasteiger partial charge in [-0.3, -0.25) is 9.59 Å². The van der Waals surface area contributed by atoms with Crippen molar-refractivity contribution in [1.82, 2.24) is 0 Å². The van der Waals surface area contributed by atoms with E-state index < -0.39 is 5.38 Å².